The van der Waals surface area contributed by atoms with E-state index < -0.39 is 0 Å². The SMILES string of the molecule is c1cc(-c2ccc3ncsc3c2)cs1. The molecule has 0 amide bonds. The molecule has 68 valence electrons. The van der Waals surface area contributed by atoms with Crippen LogP contribution in [0.3, 0.4) is 0 Å². The van der Waals surface area contributed by atoms with Crippen molar-refractivity contribution < 1.29 is 0 Å². The Morgan fingerprint density at radius 3 is 2.93 bits per heavy atom. The first kappa shape index (κ1) is 8.15. The highest BCUT2D eigenvalue weighted by atomic mass is 32.1. The summed E-state index contributed by atoms with van der Waals surface area (Å²) in [5.41, 5.74) is 5.56. The Balaban J connectivity index is 2.23. The van der Waals surface area contributed by atoms with Gasteiger partial charge in [0.05, 0.1) is 15.7 Å². The zero-order valence-electron chi connectivity index (χ0n) is 7.31. The van der Waals surface area contributed by atoms with E-state index in [2.05, 4.69) is 40.0 Å². The van der Waals surface area contributed by atoms with Gasteiger partial charge in [-0.3, -0.25) is 0 Å². The third-order valence-corrected chi connectivity index (χ3v) is 3.66. The Bertz CT molecular complexity index is 551. The molecule has 0 saturated heterocycles. The summed E-state index contributed by atoms with van der Waals surface area (Å²) in [6.45, 7) is 0. The number of fused-ring (bicyclic) bond motifs is 1. The van der Waals surface area contributed by atoms with Gasteiger partial charge in [0, 0.05) is 0 Å². The molecule has 3 aromatic rings. The number of benzene rings is 1. The monoisotopic (exact) mass is 217 g/mol. The van der Waals surface area contributed by atoms with E-state index in [1.165, 1.54) is 15.8 Å². The predicted octanol–water partition coefficient (Wildman–Crippen LogP) is 4.02. The standard InChI is InChI=1S/C11H7NS2/c1-2-10-11(14-7-12-10)5-8(1)9-3-4-13-6-9/h1-7H. The molecule has 0 aliphatic rings. The molecule has 0 aliphatic carbocycles. The Kier molecular flexibility index (Phi) is 1.85. The molecule has 3 rings (SSSR count). The molecule has 3 heteroatoms. The lowest BCUT2D eigenvalue weighted by Crippen LogP contribution is -1.72. The van der Waals surface area contributed by atoms with E-state index in [-0.39, 0.29) is 0 Å². The zero-order valence-corrected chi connectivity index (χ0v) is 8.94. The molecule has 0 aliphatic heterocycles. The van der Waals surface area contributed by atoms with Gasteiger partial charge in [-0.25, -0.2) is 4.98 Å². The fourth-order valence-corrected chi connectivity index (χ4v) is 2.84. The zero-order chi connectivity index (χ0) is 9.38. The molecule has 1 nitrogen and oxygen atoms in total. The van der Waals surface area contributed by atoms with Gasteiger partial charge in [-0.05, 0) is 40.1 Å². The van der Waals surface area contributed by atoms with Crippen LogP contribution >= 0.6 is 22.7 Å². The minimum atomic E-state index is 1.09. The van der Waals surface area contributed by atoms with Gasteiger partial charge in [0.15, 0.2) is 0 Å². The van der Waals surface area contributed by atoms with Crippen LogP contribution < -0.4 is 0 Å². The number of hydrogen-bond donors (Lipinski definition) is 0. The van der Waals surface area contributed by atoms with Crippen molar-refractivity contribution >= 4 is 32.9 Å². The Labute approximate surface area is 89.7 Å². The summed E-state index contributed by atoms with van der Waals surface area (Å²) in [6.07, 6.45) is 0. The van der Waals surface area contributed by atoms with Crippen molar-refractivity contribution in [3.63, 3.8) is 0 Å². The Hall–Kier alpha value is -1.19. The van der Waals surface area contributed by atoms with Gasteiger partial charge in [-0.2, -0.15) is 11.3 Å². The van der Waals surface area contributed by atoms with Crippen LogP contribution in [0.25, 0.3) is 21.3 Å². The van der Waals surface area contributed by atoms with E-state index in [1.807, 2.05) is 5.51 Å². The van der Waals surface area contributed by atoms with Gasteiger partial charge in [0.25, 0.3) is 0 Å². The lowest BCUT2D eigenvalue weighted by atomic mass is 10.1. The van der Waals surface area contributed by atoms with Gasteiger partial charge < -0.3 is 0 Å². The van der Waals surface area contributed by atoms with Crippen molar-refractivity contribution in [2.45, 2.75) is 0 Å². The molecule has 2 aromatic heterocycles. The molecular formula is C11H7NS2. The Morgan fingerprint density at radius 1 is 1.07 bits per heavy atom. The van der Waals surface area contributed by atoms with Gasteiger partial charge >= 0.3 is 0 Å². The van der Waals surface area contributed by atoms with Crippen molar-refractivity contribution in [1.82, 2.24) is 4.98 Å². The van der Waals surface area contributed by atoms with Crippen LogP contribution in [-0.2, 0) is 0 Å². The van der Waals surface area contributed by atoms with Crippen molar-refractivity contribution in [1.29, 1.82) is 0 Å². The first-order valence-electron chi connectivity index (χ1n) is 4.29. The third kappa shape index (κ3) is 1.25. The second kappa shape index (κ2) is 3.19. The van der Waals surface area contributed by atoms with Gasteiger partial charge in [0.2, 0.25) is 0 Å². The van der Waals surface area contributed by atoms with Crippen molar-refractivity contribution in [2.24, 2.45) is 0 Å². The van der Waals surface area contributed by atoms with Crippen LogP contribution in [0.4, 0.5) is 0 Å². The maximum atomic E-state index is 4.26. The van der Waals surface area contributed by atoms with E-state index in [4.69, 9.17) is 0 Å². The van der Waals surface area contributed by atoms with Crippen molar-refractivity contribution in [3.8, 4) is 11.1 Å². The van der Waals surface area contributed by atoms with Crippen LogP contribution in [0.1, 0.15) is 0 Å². The van der Waals surface area contributed by atoms with E-state index in [0.29, 0.717) is 0 Å². The number of thiophene rings is 1. The van der Waals surface area contributed by atoms with E-state index in [0.717, 1.165) is 5.52 Å². The molecule has 0 N–H and O–H groups in total. The number of rotatable bonds is 1. The number of hydrogen-bond acceptors (Lipinski definition) is 3. The minimum Gasteiger partial charge on any atom is -0.245 e. The average molecular weight is 217 g/mol. The molecule has 0 fully saturated rings. The maximum Gasteiger partial charge on any atom is 0.0812 e. The van der Waals surface area contributed by atoms with Crippen LogP contribution in [0.5, 0.6) is 0 Å². The summed E-state index contributed by atoms with van der Waals surface area (Å²) in [7, 11) is 0. The van der Waals surface area contributed by atoms with Crippen molar-refractivity contribution in [3.05, 3.63) is 40.5 Å². The first-order chi connectivity index (χ1) is 6.93. The minimum absolute atomic E-state index is 1.09. The number of nitrogens with zero attached hydrogens (tertiary/aromatic N) is 1. The Morgan fingerprint density at radius 2 is 2.07 bits per heavy atom. The average Bonchev–Trinajstić information content (AvgIpc) is 2.88. The van der Waals surface area contributed by atoms with Crippen LogP contribution in [0, 0.1) is 0 Å². The van der Waals surface area contributed by atoms with Gasteiger partial charge in [-0.15, -0.1) is 11.3 Å². The lowest BCUT2D eigenvalue weighted by Gasteiger charge is -1.96. The number of aromatic nitrogens is 1. The van der Waals surface area contributed by atoms with Crippen LogP contribution in [-0.4, -0.2) is 4.98 Å². The molecule has 0 radical (unpaired) electrons. The van der Waals surface area contributed by atoms with Gasteiger partial charge in [0.1, 0.15) is 0 Å². The maximum absolute atomic E-state index is 4.26. The van der Waals surface area contributed by atoms with Crippen LogP contribution in [0.15, 0.2) is 40.5 Å². The second-order valence-corrected chi connectivity index (χ2v) is 4.71. The molecule has 0 atom stereocenters. The summed E-state index contributed by atoms with van der Waals surface area (Å²) in [5, 5.41) is 4.27. The molecule has 2 heterocycles. The molecule has 0 unspecified atom stereocenters. The molecule has 1 aromatic carbocycles. The highest BCUT2D eigenvalue weighted by Crippen LogP contribution is 2.27. The lowest BCUT2D eigenvalue weighted by molar-refractivity contribution is 1.50. The molecule has 0 saturated carbocycles. The smallest absolute Gasteiger partial charge is 0.0812 e. The summed E-state index contributed by atoms with van der Waals surface area (Å²) in [4.78, 5) is 4.26. The quantitative estimate of drug-likeness (QED) is 0.600. The molecule has 0 bridgehead atoms. The largest absolute Gasteiger partial charge is 0.245 e. The topological polar surface area (TPSA) is 12.9 Å². The van der Waals surface area contributed by atoms with E-state index in [1.54, 1.807) is 22.7 Å². The van der Waals surface area contributed by atoms with Crippen molar-refractivity contribution in [2.75, 3.05) is 0 Å². The molecule has 0 spiro atoms. The summed E-state index contributed by atoms with van der Waals surface area (Å²) >= 11 is 3.42. The second-order valence-electron chi connectivity index (χ2n) is 3.05. The van der Waals surface area contributed by atoms with E-state index in [9.17, 15) is 0 Å². The number of thiazole rings is 1. The fraction of sp³-hybridized carbons (Fsp3) is 0. The predicted molar refractivity (Wildman–Crippen MR) is 62.9 cm³/mol. The fourth-order valence-electron chi connectivity index (χ4n) is 1.46. The first-order valence-corrected chi connectivity index (χ1v) is 6.11. The highest BCUT2D eigenvalue weighted by Gasteiger charge is 2.00. The summed E-state index contributed by atoms with van der Waals surface area (Å²) in [6, 6.07) is 8.56. The third-order valence-electron chi connectivity index (χ3n) is 2.19. The highest BCUT2D eigenvalue weighted by molar-refractivity contribution is 7.16. The summed E-state index contributed by atoms with van der Waals surface area (Å²) < 4.78 is 1.26. The van der Waals surface area contributed by atoms with E-state index >= 15 is 0 Å². The summed E-state index contributed by atoms with van der Waals surface area (Å²) in [5.74, 6) is 0. The normalized spacial score (nSPS) is 10.9. The molecular weight excluding hydrogens is 210 g/mol. The van der Waals surface area contributed by atoms with Gasteiger partial charge in [-0.1, -0.05) is 6.07 Å². The molecule has 14 heavy (non-hydrogen) atoms. The van der Waals surface area contributed by atoms with Crippen LogP contribution in [0.2, 0.25) is 0 Å².